The first-order valence-corrected chi connectivity index (χ1v) is 10.6. The first kappa shape index (κ1) is 20.2. The molecule has 5 heteroatoms. The van der Waals surface area contributed by atoms with Crippen LogP contribution in [0.4, 0.5) is 0 Å². The van der Waals surface area contributed by atoms with Crippen molar-refractivity contribution in [2.45, 2.75) is 38.8 Å². The van der Waals surface area contributed by atoms with Crippen LogP contribution in [0.3, 0.4) is 0 Å². The smallest absolute Gasteiger partial charge is 0.223 e. The Morgan fingerprint density at radius 2 is 1.71 bits per heavy atom. The van der Waals surface area contributed by atoms with Gasteiger partial charge in [-0.1, -0.05) is 55.5 Å². The van der Waals surface area contributed by atoms with Crippen LogP contribution in [0.5, 0.6) is 0 Å². The number of amides is 1. The largest absolute Gasteiger partial charge is 0.352 e. The van der Waals surface area contributed by atoms with Gasteiger partial charge in [0.05, 0.1) is 12.2 Å². The second-order valence-electron chi connectivity index (χ2n) is 7.04. The van der Waals surface area contributed by atoms with Crippen molar-refractivity contribution < 1.29 is 4.79 Å². The summed E-state index contributed by atoms with van der Waals surface area (Å²) in [5.74, 6) is 0.796. The number of hydrogen-bond acceptors (Lipinski definition) is 3. The molecule has 0 aliphatic heterocycles. The number of hydrogen-bond donors (Lipinski definition) is 1. The Labute approximate surface area is 171 Å². The number of nitrogens with one attached hydrogen (secondary N) is 1. The first-order valence-electron chi connectivity index (χ1n) is 9.57. The highest BCUT2D eigenvalue weighted by Crippen LogP contribution is 2.20. The van der Waals surface area contributed by atoms with E-state index in [0.29, 0.717) is 6.54 Å². The molecule has 0 bridgehead atoms. The second-order valence-corrected chi connectivity index (χ2v) is 8.13. The van der Waals surface area contributed by atoms with Crippen LogP contribution in [0.15, 0.2) is 65.6 Å². The number of nitrogens with zero attached hydrogens (tertiary/aromatic N) is 2. The highest BCUT2D eigenvalue weighted by molar-refractivity contribution is 7.99. The van der Waals surface area contributed by atoms with Crippen molar-refractivity contribution in [3.63, 3.8) is 0 Å². The third-order valence-corrected chi connectivity index (χ3v) is 6.11. The lowest BCUT2D eigenvalue weighted by Gasteiger charge is -2.12. The summed E-state index contributed by atoms with van der Waals surface area (Å²) in [7, 11) is 0. The van der Waals surface area contributed by atoms with Crippen LogP contribution in [-0.4, -0.2) is 21.4 Å². The molecule has 146 valence electrons. The van der Waals surface area contributed by atoms with E-state index in [0.717, 1.165) is 29.2 Å². The Morgan fingerprint density at radius 3 is 2.39 bits per heavy atom. The molecule has 0 saturated heterocycles. The minimum Gasteiger partial charge on any atom is -0.352 e. The van der Waals surface area contributed by atoms with Gasteiger partial charge in [-0.15, -0.1) is 11.8 Å². The summed E-state index contributed by atoms with van der Waals surface area (Å²) >= 11 is 1.71. The molecular formula is C23H27N3OS. The third kappa shape index (κ3) is 5.26. The van der Waals surface area contributed by atoms with E-state index in [-0.39, 0.29) is 11.8 Å². The normalized spacial score (nSPS) is 12.0. The monoisotopic (exact) mass is 393 g/mol. The van der Waals surface area contributed by atoms with Crippen LogP contribution in [0.1, 0.15) is 29.4 Å². The molecule has 1 aromatic heterocycles. The van der Waals surface area contributed by atoms with Gasteiger partial charge in [0.15, 0.2) is 0 Å². The highest BCUT2D eigenvalue weighted by atomic mass is 32.2. The molecular weight excluding hydrogens is 366 g/mol. The van der Waals surface area contributed by atoms with E-state index in [1.54, 1.807) is 11.8 Å². The summed E-state index contributed by atoms with van der Waals surface area (Å²) < 4.78 is 2.01. The maximum Gasteiger partial charge on any atom is 0.223 e. The van der Waals surface area contributed by atoms with Crippen molar-refractivity contribution in [2.24, 2.45) is 5.92 Å². The average molecular weight is 394 g/mol. The summed E-state index contributed by atoms with van der Waals surface area (Å²) in [6.07, 6.45) is 0. The molecule has 1 heterocycles. The maximum atomic E-state index is 12.5. The highest BCUT2D eigenvalue weighted by Gasteiger charge is 2.16. The lowest BCUT2D eigenvalue weighted by molar-refractivity contribution is -0.124. The molecule has 3 aromatic rings. The number of rotatable bonds is 8. The van der Waals surface area contributed by atoms with Gasteiger partial charge in [-0.05, 0) is 31.5 Å². The number of thioether (sulfide) groups is 1. The van der Waals surface area contributed by atoms with E-state index in [9.17, 15) is 4.79 Å². The molecule has 3 rings (SSSR count). The number of aromatic nitrogens is 2. The fraction of sp³-hybridized carbons (Fsp3) is 0.304. The summed E-state index contributed by atoms with van der Waals surface area (Å²) in [5.41, 5.74) is 4.40. The summed E-state index contributed by atoms with van der Waals surface area (Å²) in [6, 6.07) is 20.5. The Morgan fingerprint density at radius 1 is 1.07 bits per heavy atom. The summed E-state index contributed by atoms with van der Waals surface area (Å²) in [5, 5.41) is 7.75. The quantitative estimate of drug-likeness (QED) is 0.569. The zero-order chi connectivity index (χ0) is 19.9. The van der Waals surface area contributed by atoms with Gasteiger partial charge in [0.1, 0.15) is 0 Å². The van der Waals surface area contributed by atoms with E-state index >= 15 is 0 Å². The van der Waals surface area contributed by atoms with E-state index in [1.165, 1.54) is 10.5 Å². The van der Waals surface area contributed by atoms with E-state index in [2.05, 4.69) is 41.6 Å². The molecule has 0 radical (unpaired) electrons. The molecule has 0 aliphatic carbocycles. The lowest BCUT2D eigenvalue weighted by atomic mass is 10.1. The average Bonchev–Trinajstić information content (AvgIpc) is 2.98. The molecule has 0 spiro atoms. The standard InChI is InChI=1S/C23H27N3OS/c1-17(16-28-21-12-8-5-9-13-21)23(27)24-14-22-18(2)25-26(19(22)3)15-20-10-6-4-7-11-20/h4-13,17H,14-16H2,1-3H3,(H,24,27). The van der Waals surface area contributed by atoms with Gasteiger partial charge in [0.25, 0.3) is 0 Å². The van der Waals surface area contributed by atoms with Crippen LogP contribution >= 0.6 is 11.8 Å². The van der Waals surface area contributed by atoms with Gasteiger partial charge in [0.2, 0.25) is 5.91 Å². The number of carbonyl (C=O) groups excluding carboxylic acids is 1. The fourth-order valence-corrected chi connectivity index (χ4v) is 4.01. The number of benzene rings is 2. The van der Waals surface area contributed by atoms with Crippen molar-refractivity contribution in [2.75, 3.05) is 5.75 Å². The Balaban J connectivity index is 1.55. The summed E-state index contributed by atoms with van der Waals surface area (Å²) in [4.78, 5) is 13.7. The van der Waals surface area contributed by atoms with Gasteiger partial charge in [0, 0.05) is 34.4 Å². The molecule has 2 aromatic carbocycles. The molecule has 1 unspecified atom stereocenters. The van der Waals surface area contributed by atoms with Crippen LogP contribution in [0, 0.1) is 19.8 Å². The molecule has 1 amide bonds. The lowest BCUT2D eigenvalue weighted by Crippen LogP contribution is -2.30. The Bertz CT molecular complexity index is 906. The van der Waals surface area contributed by atoms with Gasteiger partial charge in [-0.2, -0.15) is 5.10 Å². The van der Waals surface area contributed by atoms with Crippen LogP contribution in [-0.2, 0) is 17.9 Å². The SMILES string of the molecule is Cc1nn(Cc2ccccc2)c(C)c1CNC(=O)C(C)CSc1ccccc1. The van der Waals surface area contributed by atoms with Gasteiger partial charge in [-0.25, -0.2) is 0 Å². The van der Waals surface area contributed by atoms with E-state index in [1.807, 2.05) is 54.9 Å². The summed E-state index contributed by atoms with van der Waals surface area (Å²) in [6.45, 7) is 7.31. The molecule has 0 saturated carbocycles. The minimum absolute atomic E-state index is 0.0508. The molecule has 1 N–H and O–H groups in total. The minimum atomic E-state index is -0.0508. The van der Waals surface area contributed by atoms with Crippen LogP contribution in [0.2, 0.25) is 0 Å². The third-order valence-electron chi connectivity index (χ3n) is 4.84. The Hall–Kier alpha value is -2.53. The van der Waals surface area contributed by atoms with Crippen molar-refractivity contribution in [1.29, 1.82) is 0 Å². The predicted octanol–water partition coefficient (Wildman–Crippen LogP) is 4.59. The van der Waals surface area contributed by atoms with Crippen LogP contribution in [0.25, 0.3) is 0 Å². The van der Waals surface area contributed by atoms with E-state index < -0.39 is 0 Å². The number of carbonyl (C=O) groups is 1. The second kappa shape index (κ2) is 9.60. The van der Waals surface area contributed by atoms with Gasteiger partial charge in [-0.3, -0.25) is 9.48 Å². The predicted molar refractivity (Wildman–Crippen MR) is 115 cm³/mol. The van der Waals surface area contributed by atoms with Crippen molar-refractivity contribution in [1.82, 2.24) is 15.1 Å². The zero-order valence-electron chi connectivity index (χ0n) is 16.7. The van der Waals surface area contributed by atoms with E-state index in [4.69, 9.17) is 0 Å². The molecule has 0 fully saturated rings. The maximum absolute atomic E-state index is 12.5. The van der Waals surface area contributed by atoms with Gasteiger partial charge < -0.3 is 5.32 Å². The molecule has 4 nitrogen and oxygen atoms in total. The topological polar surface area (TPSA) is 46.9 Å². The van der Waals surface area contributed by atoms with Gasteiger partial charge >= 0.3 is 0 Å². The van der Waals surface area contributed by atoms with Crippen molar-refractivity contribution in [3.8, 4) is 0 Å². The van der Waals surface area contributed by atoms with Crippen LogP contribution < -0.4 is 5.32 Å². The number of aryl methyl sites for hydroxylation is 1. The molecule has 1 atom stereocenters. The van der Waals surface area contributed by atoms with Crippen molar-refractivity contribution >= 4 is 17.7 Å². The fourth-order valence-electron chi connectivity index (χ4n) is 3.06. The first-order chi connectivity index (χ1) is 13.5. The Kier molecular flexibility index (Phi) is 6.93. The molecule has 28 heavy (non-hydrogen) atoms. The zero-order valence-corrected chi connectivity index (χ0v) is 17.5. The van der Waals surface area contributed by atoms with Crippen molar-refractivity contribution in [3.05, 3.63) is 83.2 Å². The molecule has 0 aliphatic rings.